The monoisotopic (exact) mass is 356 g/mol. The Labute approximate surface area is 152 Å². The molecule has 2 aromatic rings. The van der Waals surface area contributed by atoms with Crippen molar-refractivity contribution >= 4 is 17.7 Å². The van der Waals surface area contributed by atoms with Crippen molar-refractivity contribution in [2.75, 3.05) is 13.3 Å². The van der Waals surface area contributed by atoms with E-state index in [1.165, 1.54) is 6.07 Å². The summed E-state index contributed by atoms with van der Waals surface area (Å²) in [7, 11) is 1.70. The van der Waals surface area contributed by atoms with Gasteiger partial charge in [-0.15, -0.1) is 0 Å². The minimum Gasteiger partial charge on any atom is -0.352 e. The van der Waals surface area contributed by atoms with Gasteiger partial charge in [0.15, 0.2) is 5.96 Å². The highest BCUT2D eigenvalue weighted by Crippen LogP contribution is 2.16. The number of halogens is 1. The van der Waals surface area contributed by atoms with Crippen LogP contribution in [0.3, 0.4) is 0 Å². The van der Waals surface area contributed by atoms with Crippen molar-refractivity contribution in [3.8, 4) is 6.07 Å². The van der Waals surface area contributed by atoms with Gasteiger partial charge in [-0.2, -0.15) is 17.0 Å². The maximum absolute atomic E-state index is 13.4. The molecule has 0 bridgehead atoms. The summed E-state index contributed by atoms with van der Waals surface area (Å²) in [6, 6.07) is 14.4. The lowest BCUT2D eigenvalue weighted by atomic mass is 10.1. The average molecular weight is 356 g/mol. The Morgan fingerprint density at radius 1 is 1.16 bits per heavy atom. The smallest absolute Gasteiger partial charge is 0.191 e. The van der Waals surface area contributed by atoms with Crippen LogP contribution in [0.5, 0.6) is 0 Å². The van der Waals surface area contributed by atoms with Gasteiger partial charge in [-0.05, 0) is 47.2 Å². The van der Waals surface area contributed by atoms with Gasteiger partial charge in [0.2, 0.25) is 0 Å². The molecular formula is C19H21FN4S. The van der Waals surface area contributed by atoms with Crippen LogP contribution >= 0.6 is 11.8 Å². The van der Waals surface area contributed by atoms with Gasteiger partial charge in [-0.25, -0.2) is 4.39 Å². The summed E-state index contributed by atoms with van der Waals surface area (Å²) in [6.45, 7) is 1.13. The molecule has 0 atom stereocenters. The molecule has 2 rings (SSSR count). The van der Waals surface area contributed by atoms with E-state index in [0.717, 1.165) is 22.4 Å². The van der Waals surface area contributed by atoms with Gasteiger partial charge in [-0.1, -0.05) is 18.2 Å². The van der Waals surface area contributed by atoms with Gasteiger partial charge in [0.1, 0.15) is 5.82 Å². The summed E-state index contributed by atoms with van der Waals surface area (Å²) >= 11 is 1.66. The molecular weight excluding hydrogens is 335 g/mol. The van der Waals surface area contributed by atoms with Crippen molar-refractivity contribution < 1.29 is 4.39 Å². The van der Waals surface area contributed by atoms with Gasteiger partial charge in [0.25, 0.3) is 0 Å². The molecule has 0 amide bonds. The second kappa shape index (κ2) is 9.70. The third kappa shape index (κ3) is 5.80. The lowest BCUT2D eigenvalue weighted by Crippen LogP contribution is -2.36. The van der Waals surface area contributed by atoms with E-state index >= 15 is 0 Å². The quantitative estimate of drug-likeness (QED) is 0.615. The van der Waals surface area contributed by atoms with Crippen LogP contribution < -0.4 is 10.6 Å². The zero-order chi connectivity index (χ0) is 18.1. The number of aliphatic imine (C=N–C) groups is 1. The molecule has 0 aliphatic carbocycles. The second-order valence-electron chi connectivity index (χ2n) is 5.44. The molecule has 0 heterocycles. The summed E-state index contributed by atoms with van der Waals surface area (Å²) in [5.41, 5.74) is 3.67. The molecule has 6 heteroatoms. The number of guanidine groups is 1. The fraction of sp³-hybridized carbons (Fsp3) is 0.263. The first-order valence-corrected chi connectivity index (χ1v) is 9.25. The Balaban J connectivity index is 1.95. The summed E-state index contributed by atoms with van der Waals surface area (Å²) in [5.74, 6) is 1.20. The zero-order valence-corrected chi connectivity index (χ0v) is 15.2. The third-order valence-electron chi connectivity index (χ3n) is 3.65. The molecule has 2 aromatic carbocycles. The molecule has 0 fully saturated rings. The van der Waals surface area contributed by atoms with E-state index in [9.17, 15) is 4.39 Å². The SMILES string of the molecule is CN=C(NCc1cccc(C#N)c1)NCc1ccc(F)cc1CSC. The number of thioether (sulfide) groups is 1. The minimum atomic E-state index is -0.215. The number of rotatable bonds is 6. The van der Waals surface area contributed by atoms with E-state index in [1.54, 1.807) is 37.0 Å². The van der Waals surface area contributed by atoms with Crippen molar-refractivity contribution in [3.63, 3.8) is 0 Å². The van der Waals surface area contributed by atoms with E-state index in [1.807, 2.05) is 24.5 Å². The van der Waals surface area contributed by atoms with Crippen LogP contribution in [-0.2, 0) is 18.8 Å². The molecule has 0 aliphatic heterocycles. The fourth-order valence-electron chi connectivity index (χ4n) is 2.39. The standard InChI is InChI=1S/C19H21FN4S/c1-22-19(23-11-15-5-3-4-14(8-15)10-21)24-12-16-6-7-18(20)9-17(16)13-25-2/h3-9H,11-13H2,1-2H3,(H2,22,23,24). The van der Waals surface area contributed by atoms with E-state index in [2.05, 4.69) is 21.7 Å². The predicted octanol–water partition coefficient (Wildman–Crippen LogP) is 3.43. The lowest BCUT2D eigenvalue weighted by Gasteiger charge is -2.14. The van der Waals surface area contributed by atoms with Crippen LogP contribution in [0.2, 0.25) is 0 Å². The Bertz CT molecular complexity index is 783. The molecule has 130 valence electrons. The van der Waals surface area contributed by atoms with Crippen LogP contribution in [0.1, 0.15) is 22.3 Å². The first-order valence-electron chi connectivity index (χ1n) is 7.86. The number of hydrogen-bond donors (Lipinski definition) is 2. The van der Waals surface area contributed by atoms with Crippen LogP contribution in [0, 0.1) is 17.1 Å². The van der Waals surface area contributed by atoms with Crippen molar-refractivity contribution in [1.82, 2.24) is 10.6 Å². The van der Waals surface area contributed by atoms with Crippen LogP contribution in [0.4, 0.5) is 4.39 Å². The average Bonchev–Trinajstić information content (AvgIpc) is 2.63. The van der Waals surface area contributed by atoms with Crippen LogP contribution in [-0.4, -0.2) is 19.3 Å². The Hall–Kier alpha value is -2.52. The number of benzene rings is 2. The van der Waals surface area contributed by atoms with Crippen LogP contribution in [0.25, 0.3) is 0 Å². The summed E-state index contributed by atoms with van der Waals surface area (Å²) < 4.78 is 13.4. The van der Waals surface area contributed by atoms with Crippen LogP contribution in [0.15, 0.2) is 47.5 Å². The number of nitrogens with zero attached hydrogens (tertiary/aromatic N) is 2. The van der Waals surface area contributed by atoms with E-state index in [4.69, 9.17) is 5.26 Å². The highest BCUT2D eigenvalue weighted by atomic mass is 32.2. The first-order chi connectivity index (χ1) is 12.2. The van der Waals surface area contributed by atoms with E-state index < -0.39 is 0 Å². The van der Waals surface area contributed by atoms with Gasteiger partial charge >= 0.3 is 0 Å². The van der Waals surface area contributed by atoms with Crippen molar-refractivity contribution in [1.29, 1.82) is 5.26 Å². The molecule has 0 aliphatic rings. The Morgan fingerprint density at radius 2 is 1.96 bits per heavy atom. The molecule has 0 unspecified atom stereocenters. The molecule has 0 saturated heterocycles. The molecule has 0 radical (unpaired) electrons. The van der Waals surface area contributed by atoms with Gasteiger partial charge in [-0.3, -0.25) is 4.99 Å². The number of hydrogen-bond acceptors (Lipinski definition) is 3. The normalized spacial score (nSPS) is 11.0. The molecule has 0 saturated carbocycles. The predicted molar refractivity (Wildman–Crippen MR) is 102 cm³/mol. The minimum absolute atomic E-state index is 0.215. The summed E-state index contributed by atoms with van der Waals surface area (Å²) in [4.78, 5) is 4.20. The zero-order valence-electron chi connectivity index (χ0n) is 14.3. The van der Waals surface area contributed by atoms with Crippen molar-refractivity contribution in [2.45, 2.75) is 18.8 Å². The molecule has 0 spiro atoms. The van der Waals surface area contributed by atoms with Gasteiger partial charge in [0, 0.05) is 25.9 Å². The highest BCUT2D eigenvalue weighted by Gasteiger charge is 2.06. The van der Waals surface area contributed by atoms with E-state index in [0.29, 0.717) is 24.6 Å². The molecule has 25 heavy (non-hydrogen) atoms. The number of nitrogens with one attached hydrogen (secondary N) is 2. The van der Waals surface area contributed by atoms with Crippen molar-refractivity contribution in [2.24, 2.45) is 4.99 Å². The fourth-order valence-corrected chi connectivity index (χ4v) is 2.97. The molecule has 4 nitrogen and oxygen atoms in total. The van der Waals surface area contributed by atoms with Crippen molar-refractivity contribution in [3.05, 3.63) is 70.5 Å². The maximum Gasteiger partial charge on any atom is 0.191 e. The topological polar surface area (TPSA) is 60.2 Å². The third-order valence-corrected chi connectivity index (χ3v) is 4.25. The highest BCUT2D eigenvalue weighted by molar-refractivity contribution is 7.97. The molecule has 2 N–H and O–H groups in total. The summed E-state index contributed by atoms with van der Waals surface area (Å²) in [5, 5.41) is 15.4. The Morgan fingerprint density at radius 3 is 2.68 bits per heavy atom. The number of nitriles is 1. The largest absolute Gasteiger partial charge is 0.352 e. The van der Waals surface area contributed by atoms with Gasteiger partial charge < -0.3 is 10.6 Å². The van der Waals surface area contributed by atoms with E-state index in [-0.39, 0.29) is 5.82 Å². The molecule has 0 aromatic heterocycles. The first kappa shape index (κ1) is 18.8. The maximum atomic E-state index is 13.4. The summed E-state index contributed by atoms with van der Waals surface area (Å²) in [6.07, 6.45) is 2.00. The Kier molecular flexibility index (Phi) is 7.30. The lowest BCUT2D eigenvalue weighted by molar-refractivity contribution is 0.625. The van der Waals surface area contributed by atoms with Gasteiger partial charge in [0.05, 0.1) is 11.6 Å². The second-order valence-corrected chi connectivity index (χ2v) is 6.30.